The number of aliphatic hydroxyl groups is 1. The Balaban J connectivity index is 1.32. The molecular weight excluding hydrogens is 697 g/mol. The van der Waals surface area contributed by atoms with Gasteiger partial charge in [0.05, 0.1) is 24.9 Å². The third-order valence-corrected chi connectivity index (χ3v) is 10.7. The fraction of sp³-hybridized carbons (Fsp3) is 0.500. The molecule has 1 saturated carbocycles. The minimum atomic E-state index is -2.36. The van der Waals surface area contributed by atoms with Gasteiger partial charge < -0.3 is 25.2 Å². The van der Waals surface area contributed by atoms with Gasteiger partial charge in [0.1, 0.15) is 5.56 Å². The lowest BCUT2D eigenvalue weighted by Gasteiger charge is -2.51. The standard InChI is InChI=1S/C40H46F5N3O5/c1-21-29(19-48-27-11-6-5-8-23(27)16-17-28(48)37(50)47-40(2,3)4)52-39(53-36(21)24-14-12-22(20-49)13-15-24)25-9-7-10-26(18-25)46-38(51)30-31(41)33(43)35(45)34(44)32(30)42/h7,9-10,12-15,18,21,23,27-29,36,39,49H,5-6,8,11,16-17,19-20H2,1-4H3,(H,46,51)(H,47,50)/t21-,23-,27-,28-,29+,36+,39+/m1/s1. The van der Waals surface area contributed by atoms with E-state index in [0.717, 1.165) is 49.7 Å². The lowest BCUT2D eigenvalue weighted by Crippen LogP contribution is -2.61. The summed E-state index contributed by atoms with van der Waals surface area (Å²) < 4.78 is 83.6. The molecule has 0 unspecified atom stereocenters. The SMILES string of the molecule is C[C@@H]1[C@H](CN2[C@@H](C(=O)NC(C)(C)C)CC[C@H]3CCCC[C@H]32)O[C@H](c2cccc(NC(=O)c3c(F)c(F)c(F)c(F)c3F)c2)O[C@@H]1c1ccc(CO)cc1. The molecule has 13 heteroatoms. The molecule has 53 heavy (non-hydrogen) atoms. The van der Waals surface area contributed by atoms with E-state index in [4.69, 9.17) is 9.47 Å². The predicted molar refractivity (Wildman–Crippen MR) is 187 cm³/mol. The maximum atomic E-state index is 14.4. The van der Waals surface area contributed by atoms with Gasteiger partial charge in [0.2, 0.25) is 11.7 Å². The van der Waals surface area contributed by atoms with Gasteiger partial charge in [0, 0.05) is 35.3 Å². The Bertz CT molecular complexity index is 1790. The number of rotatable bonds is 8. The molecule has 7 atom stereocenters. The molecule has 2 amide bonds. The van der Waals surface area contributed by atoms with Crippen LogP contribution in [0.1, 0.15) is 106 Å². The second-order valence-electron chi connectivity index (χ2n) is 15.5. The van der Waals surface area contributed by atoms with Crippen LogP contribution in [0.3, 0.4) is 0 Å². The van der Waals surface area contributed by atoms with E-state index in [1.807, 2.05) is 52.0 Å². The molecule has 6 rings (SSSR count). The normalized spacial score (nSPS) is 26.5. The molecule has 1 aliphatic carbocycles. The van der Waals surface area contributed by atoms with Gasteiger partial charge in [-0.25, -0.2) is 22.0 Å². The Morgan fingerprint density at radius 2 is 1.51 bits per heavy atom. The Morgan fingerprint density at radius 3 is 2.17 bits per heavy atom. The van der Waals surface area contributed by atoms with Gasteiger partial charge in [-0.3, -0.25) is 14.5 Å². The number of hydrogen-bond donors (Lipinski definition) is 3. The maximum Gasteiger partial charge on any atom is 0.261 e. The number of hydrogen-bond acceptors (Lipinski definition) is 6. The topological polar surface area (TPSA) is 100 Å². The monoisotopic (exact) mass is 743 g/mol. The van der Waals surface area contributed by atoms with Crippen LogP contribution in [-0.4, -0.2) is 52.1 Å². The Hall–Kier alpha value is -3.91. The zero-order valence-electron chi connectivity index (χ0n) is 30.2. The number of piperidine rings is 1. The Labute approximate surface area is 306 Å². The number of halogens is 5. The Kier molecular flexibility index (Phi) is 11.6. The number of anilines is 1. The van der Waals surface area contributed by atoms with Crippen LogP contribution in [0.2, 0.25) is 0 Å². The number of benzene rings is 3. The van der Waals surface area contributed by atoms with Crippen molar-refractivity contribution in [1.82, 2.24) is 10.2 Å². The van der Waals surface area contributed by atoms with Crippen LogP contribution < -0.4 is 10.6 Å². The first-order chi connectivity index (χ1) is 25.2. The van der Waals surface area contributed by atoms with Crippen molar-refractivity contribution >= 4 is 17.5 Å². The molecule has 0 radical (unpaired) electrons. The third-order valence-electron chi connectivity index (χ3n) is 10.7. The van der Waals surface area contributed by atoms with Crippen LogP contribution in [0.4, 0.5) is 27.6 Å². The van der Waals surface area contributed by atoms with E-state index in [1.165, 1.54) is 12.1 Å². The van der Waals surface area contributed by atoms with E-state index < -0.39 is 64.6 Å². The summed E-state index contributed by atoms with van der Waals surface area (Å²) in [6, 6.07) is 13.3. The second kappa shape index (κ2) is 15.8. The highest BCUT2D eigenvalue weighted by atomic mass is 19.2. The fourth-order valence-corrected chi connectivity index (χ4v) is 8.02. The molecule has 2 saturated heterocycles. The smallest absolute Gasteiger partial charge is 0.261 e. The number of fused-ring (bicyclic) bond motifs is 1. The van der Waals surface area contributed by atoms with Crippen LogP contribution in [0.15, 0.2) is 48.5 Å². The summed E-state index contributed by atoms with van der Waals surface area (Å²) in [5, 5.41) is 15.1. The number of carbonyl (C=O) groups excluding carboxylic acids is 2. The van der Waals surface area contributed by atoms with Crippen molar-refractivity contribution in [2.45, 2.75) is 109 Å². The molecule has 3 aliphatic rings. The molecule has 3 aromatic rings. The van der Waals surface area contributed by atoms with Crippen molar-refractivity contribution in [2.75, 3.05) is 11.9 Å². The number of aliphatic hydroxyl groups excluding tert-OH is 1. The molecule has 3 fully saturated rings. The largest absolute Gasteiger partial charge is 0.392 e. The van der Waals surface area contributed by atoms with Crippen molar-refractivity contribution in [3.8, 4) is 0 Å². The fourth-order valence-electron chi connectivity index (χ4n) is 8.02. The number of likely N-dealkylation sites (tertiary alicyclic amines) is 1. The van der Waals surface area contributed by atoms with Crippen LogP contribution in [0, 0.1) is 40.9 Å². The number of nitrogens with one attached hydrogen (secondary N) is 2. The van der Waals surface area contributed by atoms with Crippen molar-refractivity contribution in [3.63, 3.8) is 0 Å². The minimum Gasteiger partial charge on any atom is -0.392 e. The molecule has 3 N–H and O–H groups in total. The molecule has 0 aromatic heterocycles. The summed E-state index contributed by atoms with van der Waals surface area (Å²) in [5.41, 5.74) is -0.0383. The summed E-state index contributed by atoms with van der Waals surface area (Å²) in [5.74, 6) is -12.6. The number of nitrogens with zero attached hydrogens (tertiary/aromatic N) is 1. The van der Waals surface area contributed by atoms with Gasteiger partial charge in [-0.15, -0.1) is 0 Å². The van der Waals surface area contributed by atoms with Gasteiger partial charge in [-0.05, 0) is 75.6 Å². The second-order valence-corrected chi connectivity index (χ2v) is 15.5. The average Bonchev–Trinajstić information content (AvgIpc) is 3.13. The molecule has 0 bridgehead atoms. The van der Waals surface area contributed by atoms with E-state index in [1.54, 1.807) is 12.1 Å². The van der Waals surface area contributed by atoms with E-state index in [-0.39, 0.29) is 36.2 Å². The quantitative estimate of drug-likeness (QED) is 0.124. The summed E-state index contributed by atoms with van der Waals surface area (Å²) >= 11 is 0. The summed E-state index contributed by atoms with van der Waals surface area (Å²) in [6.07, 6.45) is 4.02. The highest BCUT2D eigenvalue weighted by Crippen LogP contribution is 2.44. The summed E-state index contributed by atoms with van der Waals surface area (Å²) in [6.45, 7) is 8.21. The predicted octanol–water partition coefficient (Wildman–Crippen LogP) is 7.86. The summed E-state index contributed by atoms with van der Waals surface area (Å²) in [4.78, 5) is 29.0. The number of ether oxygens (including phenoxy) is 2. The minimum absolute atomic E-state index is 0.00246. The molecule has 3 aromatic carbocycles. The average molecular weight is 744 g/mol. The van der Waals surface area contributed by atoms with E-state index in [9.17, 15) is 36.6 Å². The third kappa shape index (κ3) is 8.28. The first-order valence-electron chi connectivity index (χ1n) is 18.2. The number of carbonyl (C=O) groups is 2. The first kappa shape index (κ1) is 38.8. The first-order valence-corrected chi connectivity index (χ1v) is 18.2. The molecular formula is C40H46F5N3O5. The van der Waals surface area contributed by atoms with Crippen molar-refractivity contribution in [3.05, 3.63) is 99.9 Å². The molecule has 8 nitrogen and oxygen atoms in total. The van der Waals surface area contributed by atoms with E-state index >= 15 is 0 Å². The van der Waals surface area contributed by atoms with Crippen LogP contribution in [0.25, 0.3) is 0 Å². The van der Waals surface area contributed by atoms with Gasteiger partial charge in [-0.2, -0.15) is 0 Å². The molecule has 2 heterocycles. The van der Waals surface area contributed by atoms with Crippen LogP contribution in [-0.2, 0) is 20.9 Å². The maximum absolute atomic E-state index is 14.4. The van der Waals surface area contributed by atoms with Gasteiger partial charge in [0.15, 0.2) is 29.6 Å². The van der Waals surface area contributed by atoms with Gasteiger partial charge in [0.25, 0.3) is 5.91 Å². The summed E-state index contributed by atoms with van der Waals surface area (Å²) in [7, 11) is 0. The van der Waals surface area contributed by atoms with Crippen molar-refractivity contribution in [2.24, 2.45) is 11.8 Å². The van der Waals surface area contributed by atoms with Crippen molar-refractivity contribution < 1.29 is 46.1 Å². The lowest BCUT2D eigenvalue weighted by atomic mass is 9.75. The Morgan fingerprint density at radius 1 is 0.849 bits per heavy atom. The zero-order chi connectivity index (χ0) is 38.2. The number of amides is 2. The zero-order valence-corrected chi connectivity index (χ0v) is 30.2. The molecule has 0 spiro atoms. The van der Waals surface area contributed by atoms with Crippen LogP contribution >= 0.6 is 0 Å². The van der Waals surface area contributed by atoms with E-state index in [2.05, 4.69) is 15.5 Å². The van der Waals surface area contributed by atoms with Gasteiger partial charge >= 0.3 is 0 Å². The van der Waals surface area contributed by atoms with Crippen molar-refractivity contribution in [1.29, 1.82) is 0 Å². The molecule has 2 aliphatic heterocycles. The van der Waals surface area contributed by atoms with Crippen LogP contribution in [0.5, 0.6) is 0 Å². The lowest BCUT2D eigenvalue weighted by molar-refractivity contribution is -0.278. The molecule has 286 valence electrons. The highest BCUT2D eigenvalue weighted by Gasteiger charge is 2.46. The van der Waals surface area contributed by atoms with E-state index in [0.29, 0.717) is 18.0 Å². The highest BCUT2D eigenvalue weighted by molar-refractivity contribution is 6.04. The van der Waals surface area contributed by atoms with Gasteiger partial charge in [-0.1, -0.05) is 56.2 Å².